The fourth-order valence-corrected chi connectivity index (χ4v) is 2.19. The molecule has 0 aromatic heterocycles. The first kappa shape index (κ1) is 9.40. The molecule has 2 atom stereocenters. The highest BCUT2D eigenvalue weighted by Crippen LogP contribution is 2.34. The number of rotatable bonds is 2. The lowest BCUT2D eigenvalue weighted by Crippen LogP contribution is -2.33. The number of carbonyl (C=O) groups is 2. The van der Waals surface area contributed by atoms with Crippen LogP contribution in [0.3, 0.4) is 0 Å². The molecule has 1 saturated heterocycles. The molecule has 1 heterocycles. The normalized spacial score (nSPS) is 31.1. The number of aliphatic hydroxyl groups is 1. The van der Waals surface area contributed by atoms with E-state index in [1.807, 2.05) is 12.2 Å². The van der Waals surface area contributed by atoms with Gasteiger partial charge in [-0.05, 0) is 12.8 Å². The van der Waals surface area contributed by atoms with Crippen LogP contribution in [0.1, 0.15) is 12.8 Å². The van der Waals surface area contributed by atoms with Crippen LogP contribution in [-0.2, 0) is 9.59 Å². The third-order valence-electron chi connectivity index (χ3n) is 2.92. The number of carbonyl (C=O) groups excluding carboxylic acids is 2. The van der Waals surface area contributed by atoms with Gasteiger partial charge < -0.3 is 5.11 Å². The predicted octanol–water partition coefficient (Wildman–Crippen LogP) is -0.0701. The summed E-state index contributed by atoms with van der Waals surface area (Å²) < 4.78 is 0. The number of nitrogens with zero attached hydrogens (tertiary/aromatic N) is 1. The van der Waals surface area contributed by atoms with E-state index in [4.69, 9.17) is 5.11 Å². The van der Waals surface area contributed by atoms with Gasteiger partial charge in [-0.25, -0.2) is 0 Å². The molecule has 1 fully saturated rings. The van der Waals surface area contributed by atoms with Crippen LogP contribution in [0.5, 0.6) is 0 Å². The van der Waals surface area contributed by atoms with Crippen LogP contribution >= 0.6 is 0 Å². The Labute approximate surface area is 82.2 Å². The van der Waals surface area contributed by atoms with E-state index in [1.54, 1.807) is 0 Å². The van der Waals surface area contributed by atoms with Gasteiger partial charge in [-0.15, -0.1) is 0 Å². The number of fused-ring (bicyclic) bond motifs is 1. The summed E-state index contributed by atoms with van der Waals surface area (Å²) >= 11 is 0. The molecule has 14 heavy (non-hydrogen) atoms. The van der Waals surface area contributed by atoms with Crippen molar-refractivity contribution in [2.24, 2.45) is 11.8 Å². The maximum Gasteiger partial charge on any atom is 0.233 e. The van der Waals surface area contributed by atoms with Gasteiger partial charge in [0.2, 0.25) is 11.8 Å². The van der Waals surface area contributed by atoms with E-state index in [1.165, 1.54) is 4.90 Å². The highest BCUT2D eigenvalue weighted by atomic mass is 16.3. The predicted molar refractivity (Wildman–Crippen MR) is 49.2 cm³/mol. The summed E-state index contributed by atoms with van der Waals surface area (Å²) in [5.41, 5.74) is 0. The molecule has 2 amide bonds. The average Bonchev–Trinajstić information content (AvgIpc) is 2.45. The van der Waals surface area contributed by atoms with Crippen LogP contribution < -0.4 is 0 Å². The van der Waals surface area contributed by atoms with E-state index in [9.17, 15) is 9.59 Å². The van der Waals surface area contributed by atoms with Gasteiger partial charge in [0.05, 0.1) is 25.0 Å². The molecule has 0 aromatic rings. The Morgan fingerprint density at radius 2 is 1.71 bits per heavy atom. The average molecular weight is 195 g/mol. The Morgan fingerprint density at radius 3 is 2.14 bits per heavy atom. The van der Waals surface area contributed by atoms with Crippen LogP contribution in [0.4, 0.5) is 0 Å². The molecule has 0 bridgehead atoms. The molecule has 0 spiro atoms. The molecule has 0 radical (unpaired) electrons. The van der Waals surface area contributed by atoms with Crippen LogP contribution in [0, 0.1) is 11.8 Å². The van der Waals surface area contributed by atoms with Gasteiger partial charge in [0, 0.05) is 0 Å². The number of allylic oxidation sites excluding steroid dienone is 2. The molecule has 4 heteroatoms. The maximum absolute atomic E-state index is 11.7. The zero-order valence-electron chi connectivity index (χ0n) is 7.85. The van der Waals surface area contributed by atoms with Crippen molar-refractivity contribution in [2.75, 3.05) is 13.2 Å². The molecular weight excluding hydrogens is 182 g/mol. The van der Waals surface area contributed by atoms with Crippen molar-refractivity contribution in [3.63, 3.8) is 0 Å². The molecule has 0 saturated carbocycles. The standard InChI is InChI=1S/C10H13NO3/c12-6-5-11-9(13)7-3-1-2-4-8(7)10(11)14/h1-2,7-8,12H,3-6H2/t7-,8-/m1/s1. The van der Waals surface area contributed by atoms with Crippen LogP contribution in [0.2, 0.25) is 0 Å². The fraction of sp³-hybridized carbons (Fsp3) is 0.600. The smallest absolute Gasteiger partial charge is 0.233 e. The summed E-state index contributed by atoms with van der Waals surface area (Å²) in [5, 5.41) is 8.73. The maximum atomic E-state index is 11.7. The summed E-state index contributed by atoms with van der Waals surface area (Å²) in [4.78, 5) is 24.6. The van der Waals surface area contributed by atoms with Crippen molar-refractivity contribution in [3.8, 4) is 0 Å². The van der Waals surface area contributed by atoms with Gasteiger partial charge in [0.25, 0.3) is 0 Å². The molecule has 76 valence electrons. The fourth-order valence-electron chi connectivity index (χ4n) is 2.19. The van der Waals surface area contributed by atoms with E-state index in [0.717, 1.165) is 0 Å². The van der Waals surface area contributed by atoms with Gasteiger partial charge >= 0.3 is 0 Å². The number of aliphatic hydroxyl groups excluding tert-OH is 1. The van der Waals surface area contributed by atoms with Gasteiger partial charge in [-0.3, -0.25) is 14.5 Å². The minimum absolute atomic E-state index is 0.113. The first-order chi connectivity index (χ1) is 6.75. The monoisotopic (exact) mass is 195 g/mol. The number of hydrogen-bond acceptors (Lipinski definition) is 3. The van der Waals surface area contributed by atoms with Crippen molar-refractivity contribution < 1.29 is 14.7 Å². The molecule has 0 aromatic carbocycles. The summed E-state index contributed by atoms with van der Waals surface area (Å²) in [6.45, 7) is -0.00495. The molecule has 1 aliphatic carbocycles. The first-order valence-electron chi connectivity index (χ1n) is 4.86. The topological polar surface area (TPSA) is 57.6 Å². The lowest BCUT2D eigenvalue weighted by Gasteiger charge is -2.14. The van der Waals surface area contributed by atoms with E-state index in [-0.39, 0.29) is 36.8 Å². The Morgan fingerprint density at radius 1 is 1.21 bits per heavy atom. The SMILES string of the molecule is O=C1[C@@H]2CC=CC[C@H]2C(=O)N1CCO. The first-order valence-corrected chi connectivity index (χ1v) is 4.86. The Balaban J connectivity index is 2.19. The molecule has 0 unspecified atom stereocenters. The quantitative estimate of drug-likeness (QED) is 0.495. The van der Waals surface area contributed by atoms with Gasteiger partial charge in [-0.1, -0.05) is 12.2 Å². The number of likely N-dealkylation sites (tertiary alicyclic amines) is 1. The lowest BCUT2D eigenvalue weighted by molar-refractivity contribution is -0.140. The number of imide groups is 1. The van der Waals surface area contributed by atoms with Gasteiger partial charge in [-0.2, -0.15) is 0 Å². The highest BCUT2D eigenvalue weighted by Gasteiger charge is 2.46. The van der Waals surface area contributed by atoms with Crippen LogP contribution in [0.25, 0.3) is 0 Å². The molecule has 2 aliphatic rings. The Hall–Kier alpha value is -1.16. The van der Waals surface area contributed by atoms with Crippen molar-refractivity contribution in [1.82, 2.24) is 4.90 Å². The Kier molecular flexibility index (Phi) is 2.37. The number of amides is 2. The number of hydrogen-bond donors (Lipinski definition) is 1. The summed E-state index contributed by atoms with van der Waals surface area (Å²) in [6.07, 6.45) is 5.23. The van der Waals surface area contributed by atoms with Crippen molar-refractivity contribution >= 4 is 11.8 Å². The summed E-state index contributed by atoms with van der Waals surface area (Å²) in [5.74, 6) is -0.560. The van der Waals surface area contributed by atoms with Gasteiger partial charge in [0.15, 0.2) is 0 Å². The minimum Gasteiger partial charge on any atom is -0.395 e. The Bertz CT molecular complexity index is 272. The van der Waals surface area contributed by atoms with Crippen molar-refractivity contribution in [1.29, 1.82) is 0 Å². The molecule has 1 aliphatic heterocycles. The summed E-state index contributed by atoms with van der Waals surface area (Å²) in [7, 11) is 0. The van der Waals surface area contributed by atoms with E-state index in [0.29, 0.717) is 12.8 Å². The third kappa shape index (κ3) is 1.26. The van der Waals surface area contributed by atoms with Gasteiger partial charge in [0.1, 0.15) is 0 Å². The zero-order valence-corrected chi connectivity index (χ0v) is 7.85. The third-order valence-corrected chi connectivity index (χ3v) is 2.92. The van der Waals surface area contributed by atoms with E-state index in [2.05, 4.69) is 0 Å². The second kappa shape index (κ2) is 3.53. The molecular formula is C10H13NO3. The van der Waals surface area contributed by atoms with Crippen LogP contribution in [-0.4, -0.2) is 35.0 Å². The summed E-state index contributed by atoms with van der Waals surface area (Å²) in [6, 6.07) is 0. The second-order valence-corrected chi connectivity index (χ2v) is 3.71. The minimum atomic E-state index is -0.168. The van der Waals surface area contributed by atoms with Crippen molar-refractivity contribution in [3.05, 3.63) is 12.2 Å². The molecule has 1 N–H and O–H groups in total. The number of β-amino-alcohol motifs (C(OH)–C–C–N with tert-alkyl or cyclic N) is 1. The van der Waals surface area contributed by atoms with E-state index < -0.39 is 0 Å². The van der Waals surface area contributed by atoms with E-state index >= 15 is 0 Å². The molecule has 2 rings (SSSR count). The van der Waals surface area contributed by atoms with Crippen LogP contribution in [0.15, 0.2) is 12.2 Å². The molecule has 4 nitrogen and oxygen atoms in total. The van der Waals surface area contributed by atoms with Crippen molar-refractivity contribution in [2.45, 2.75) is 12.8 Å². The lowest BCUT2D eigenvalue weighted by atomic mass is 9.85. The highest BCUT2D eigenvalue weighted by molar-refractivity contribution is 6.05. The largest absolute Gasteiger partial charge is 0.395 e. The zero-order chi connectivity index (χ0) is 10.1. The second-order valence-electron chi connectivity index (χ2n) is 3.71.